The molecule has 3 saturated carbocycles. The molecular weight excluding hydrogens is 248 g/mol. The molecule has 0 radical (unpaired) electrons. The van der Waals surface area contributed by atoms with E-state index in [1.165, 1.54) is 0 Å². The van der Waals surface area contributed by atoms with Crippen molar-refractivity contribution in [2.75, 3.05) is 0 Å². The Morgan fingerprint density at radius 1 is 1.11 bits per heavy atom. The largest absolute Gasteiger partial charge is 0.325 e. The van der Waals surface area contributed by atoms with Crippen molar-refractivity contribution in [2.45, 2.75) is 56.9 Å². The van der Waals surface area contributed by atoms with Gasteiger partial charge < -0.3 is 5.73 Å². The predicted octanol–water partition coefficient (Wildman–Crippen LogP) is 2.79. The number of halogens is 2. The highest BCUT2D eigenvalue weighted by molar-refractivity contribution is 5.23. The maximum Gasteiger partial charge on any atom is 0.244 e. The first kappa shape index (κ1) is 12.9. The molecule has 0 saturated heterocycles. The van der Waals surface area contributed by atoms with E-state index in [1.807, 2.05) is 6.07 Å². The fourth-order valence-electron chi connectivity index (χ4n) is 3.73. The molecule has 0 amide bonds. The SMILES string of the molecule is NCc1cc(C23CCC(C(F)F)(CC2)CC3)ncn1. The van der Waals surface area contributed by atoms with E-state index in [0.29, 0.717) is 25.8 Å². The first-order valence-corrected chi connectivity index (χ1v) is 6.90. The lowest BCUT2D eigenvalue weighted by atomic mass is 9.53. The molecule has 1 heterocycles. The molecule has 3 aliphatic carbocycles. The molecule has 3 fully saturated rings. The van der Waals surface area contributed by atoms with Crippen molar-refractivity contribution in [1.29, 1.82) is 0 Å². The van der Waals surface area contributed by atoms with Gasteiger partial charge in [-0.05, 0) is 44.6 Å². The summed E-state index contributed by atoms with van der Waals surface area (Å²) < 4.78 is 26.4. The lowest BCUT2D eigenvalue weighted by Crippen LogP contribution is -2.47. The number of aromatic nitrogens is 2. The van der Waals surface area contributed by atoms with Gasteiger partial charge in [-0.25, -0.2) is 18.7 Å². The third-order valence-corrected chi connectivity index (χ3v) is 5.24. The topological polar surface area (TPSA) is 51.8 Å². The van der Waals surface area contributed by atoms with Crippen LogP contribution < -0.4 is 5.73 Å². The van der Waals surface area contributed by atoms with Gasteiger partial charge in [-0.3, -0.25) is 0 Å². The van der Waals surface area contributed by atoms with E-state index in [9.17, 15) is 8.78 Å². The molecule has 5 heteroatoms. The first-order chi connectivity index (χ1) is 9.10. The lowest BCUT2D eigenvalue weighted by molar-refractivity contribution is -0.0852. The molecule has 3 nitrogen and oxygen atoms in total. The summed E-state index contributed by atoms with van der Waals surface area (Å²) in [5, 5.41) is 0. The van der Waals surface area contributed by atoms with E-state index >= 15 is 0 Å². The van der Waals surface area contributed by atoms with Gasteiger partial charge in [-0.2, -0.15) is 0 Å². The van der Waals surface area contributed by atoms with Crippen molar-refractivity contribution >= 4 is 0 Å². The van der Waals surface area contributed by atoms with Crippen LogP contribution in [0.1, 0.15) is 49.9 Å². The summed E-state index contributed by atoms with van der Waals surface area (Å²) in [6.07, 6.45) is 3.67. The van der Waals surface area contributed by atoms with Crippen molar-refractivity contribution < 1.29 is 8.78 Å². The van der Waals surface area contributed by atoms with Gasteiger partial charge in [0.1, 0.15) is 6.33 Å². The molecule has 1 aromatic heterocycles. The van der Waals surface area contributed by atoms with Crippen molar-refractivity contribution in [3.63, 3.8) is 0 Å². The molecule has 0 unspecified atom stereocenters. The third-order valence-electron chi connectivity index (χ3n) is 5.24. The second-order valence-corrected chi connectivity index (χ2v) is 6.04. The summed E-state index contributed by atoms with van der Waals surface area (Å²) in [6.45, 7) is 0.395. The fraction of sp³-hybridized carbons (Fsp3) is 0.714. The van der Waals surface area contributed by atoms with Crippen LogP contribution in [-0.2, 0) is 12.0 Å². The highest BCUT2D eigenvalue weighted by Gasteiger charge is 2.54. The van der Waals surface area contributed by atoms with Crippen LogP contribution in [0.2, 0.25) is 0 Å². The maximum absolute atomic E-state index is 13.2. The Kier molecular flexibility index (Phi) is 3.04. The van der Waals surface area contributed by atoms with E-state index < -0.39 is 11.8 Å². The van der Waals surface area contributed by atoms with Crippen LogP contribution in [0.5, 0.6) is 0 Å². The Balaban J connectivity index is 1.87. The van der Waals surface area contributed by atoms with Crippen LogP contribution in [0.25, 0.3) is 0 Å². The van der Waals surface area contributed by atoms with Crippen LogP contribution in [0, 0.1) is 5.41 Å². The molecule has 104 valence electrons. The van der Waals surface area contributed by atoms with Gasteiger partial charge in [0.15, 0.2) is 0 Å². The first-order valence-electron chi connectivity index (χ1n) is 6.90. The van der Waals surface area contributed by atoms with Crippen molar-refractivity contribution in [2.24, 2.45) is 11.1 Å². The molecule has 0 atom stereocenters. The number of fused-ring (bicyclic) bond motifs is 3. The minimum absolute atomic E-state index is 0.0104. The summed E-state index contributed by atoms with van der Waals surface area (Å²) in [7, 11) is 0. The quantitative estimate of drug-likeness (QED) is 0.916. The zero-order valence-corrected chi connectivity index (χ0v) is 10.9. The Bertz CT molecular complexity index is 451. The zero-order chi connectivity index (χ0) is 13.5. The van der Waals surface area contributed by atoms with Crippen molar-refractivity contribution in [3.05, 3.63) is 23.8 Å². The number of alkyl halides is 2. The predicted molar refractivity (Wildman–Crippen MR) is 67.7 cm³/mol. The number of hydrogen-bond donors (Lipinski definition) is 1. The smallest absolute Gasteiger partial charge is 0.244 e. The molecule has 2 bridgehead atoms. The molecule has 0 aromatic carbocycles. The van der Waals surface area contributed by atoms with E-state index in [1.54, 1.807) is 6.33 Å². The maximum atomic E-state index is 13.2. The Hall–Kier alpha value is -1.10. The third kappa shape index (κ3) is 1.95. The minimum Gasteiger partial charge on any atom is -0.325 e. The molecule has 2 N–H and O–H groups in total. The summed E-state index contributed by atoms with van der Waals surface area (Å²) in [5.41, 5.74) is 6.72. The fourth-order valence-corrected chi connectivity index (χ4v) is 3.73. The highest BCUT2D eigenvalue weighted by atomic mass is 19.3. The summed E-state index contributed by atoms with van der Waals surface area (Å²) in [4.78, 5) is 8.51. The van der Waals surface area contributed by atoms with E-state index in [-0.39, 0.29) is 5.41 Å². The highest BCUT2D eigenvalue weighted by Crippen LogP contribution is 2.59. The van der Waals surface area contributed by atoms with Crippen molar-refractivity contribution in [1.82, 2.24) is 9.97 Å². The number of nitrogens with two attached hydrogens (primary N) is 1. The van der Waals surface area contributed by atoms with Crippen LogP contribution in [-0.4, -0.2) is 16.4 Å². The van der Waals surface area contributed by atoms with E-state index in [0.717, 1.165) is 30.7 Å². The van der Waals surface area contributed by atoms with Crippen LogP contribution >= 0.6 is 0 Å². The van der Waals surface area contributed by atoms with Gasteiger partial charge in [0.2, 0.25) is 6.43 Å². The normalized spacial score (nSPS) is 33.9. The van der Waals surface area contributed by atoms with Crippen LogP contribution in [0.3, 0.4) is 0 Å². The van der Waals surface area contributed by atoms with Crippen molar-refractivity contribution in [3.8, 4) is 0 Å². The Labute approximate surface area is 111 Å². The molecule has 1 aromatic rings. The monoisotopic (exact) mass is 267 g/mol. The van der Waals surface area contributed by atoms with Gasteiger partial charge >= 0.3 is 0 Å². The molecular formula is C14H19F2N3. The standard InChI is InChI=1S/C14H19F2N3/c15-12(16)14-4-1-13(2-5-14,3-6-14)11-7-10(8-17)18-9-19-11/h7,9,12H,1-6,8,17H2. The molecule has 19 heavy (non-hydrogen) atoms. The molecule has 3 aliphatic rings. The number of hydrogen-bond acceptors (Lipinski definition) is 3. The summed E-state index contributed by atoms with van der Waals surface area (Å²) in [6, 6.07) is 1.96. The molecule has 0 spiro atoms. The second-order valence-electron chi connectivity index (χ2n) is 6.04. The Morgan fingerprint density at radius 3 is 2.26 bits per heavy atom. The van der Waals surface area contributed by atoms with Crippen LogP contribution in [0.15, 0.2) is 12.4 Å². The van der Waals surface area contributed by atoms with E-state index in [4.69, 9.17) is 5.73 Å². The van der Waals surface area contributed by atoms with E-state index in [2.05, 4.69) is 9.97 Å². The van der Waals surface area contributed by atoms with Gasteiger partial charge in [0.05, 0.1) is 11.4 Å². The number of nitrogens with zero attached hydrogens (tertiary/aromatic N) is 2. The molecule has 4 rings (SSSR count). The number of rotatable bonds is 3. The minimum atomic E-state index is -2.18. The summed E-state index contributed by atoms with van der Waals surface area (Å²) >= 11 is 0. The zero-order valence-electron chi connectivity index (χ0n) is 10.9. The summed E-state index contributed by atoms with van der Waals surface area (Å²) in [5.74, 6) is 0. The Morgan fingerprint density at radius 2 is 1.74 bits per heavy atom. The van der Waals surface area contributed by atoms with Crippen LogP contribution in [0.4, 0.5) is 8.78 Å². The average molecular weight is 267 g/mol. The molecule has 0 aliphatic heterocycles. The van der Waals surface area contributed by atoms with Gasteiger partial charge in [-0.15, -0.1) is 0 Å². The average Bonchev–Trinajstić information content (AvgIpc) is 2.49. The van der Waals surface area contributed by atoms with Gasteiger partial charge in [0, 0.05) is 17.4 Å². The van der Waals surface area contributed by atoms with Gasteiger partial charge in [-0.1, -0.05) is 0 Å². The van der Waals surface area contributed by atoms with Gasteiger partial charge in [0.25, 0.3) is 0 Å². The lowest BCUT2D eigenvalue weighted by Gasteiger charge is -2.52. The second kappa shape index (κ2) is 4.47.